The molecule has 2 rings (SSSR count). The third-order valence-electron chi connectivity index (χ3n) is 4.20. The van der Waals surface area contributed by atoms with Gasteiger partial charge in [-0.15, -0.1) is 0 Å². The number of nitrogens with one attached hydrogen (secondary N) is 1. The van der Waals surface area contributed by atoms with Gasteiger partial charge in [-0.05, 0) is 24.5 Å². The standard InChI is InChI=1S/C17H27ClN2/c1-3-7-15-13-20(16(8-4-2)11-19-15)12-14-9-5-6-10-17(14)18/h5-6,9-10,15-16,19H,3-4,7-8,11-13H2,1-2H3. The second-order valence-electron chi connectivity index (χ2n) is 5.86. The Morgan fingerprint density at radius 3 is 2.65 bits per heavy atom. The van der Waals surface area contributed by atoms with Gasteiger partial charge in [0.15, 0.2) is 0 Å². The van der Waals surface area contributed by atoms with E-state index < -0.39 is 0 Å². The van der Waals surface area contributed by atoms with E-state index in [4.69, 9.17) is 11.6 Å². The first-order valence-electron chi connectivity index (χ1n) is 7.95. The van der Waals surface area contributed by atoms with E-state index in [0.717, 1.165) is 24.7 Å². The monoisotopic (exact) mass is 294 g/mol. The van der Waals surface area contributed by atoms with Crippen molar-refractivity contribution >= 4 is 11.6 Å². The molecule has 0 aromatic heterocycles. The van der Waals surface area contributed by atoms with Crippen LogP contribution in [0.3, 0.4) is 0 Å². The molecule has 0 spiro atoms. The first kappa shape index (κ1) is 15.8. The van der Waals surface area contributed by atoms with E-state index in [-0.39, 0.29) is 0 Å². The number of piperazine rings is 1. The van der Waals surface area contributed by atoms with E-state index >= 15 is 0 Å². The van der Waals surface area contributed by atoms with Gasteiger partial charge in [-0.3, -0.25) is 4.90 Å². The van der Waals surface area contributed by atoms with Gasteiger partial charge in [0, 0.05) is 36.7 Å². The van der Waals surface area contributed by atoms with Gasteiger partial charge < -0.3 is 5.32 Å². The van der Waals surface area contributed by atoms with Crippen molar-refractivity contribution in [1.29, 1.82) is 0 Å². The molecule has 2 atom stereocenters. The van der Waals surface area contributed by atoms with Gasteiger partial charge in [0.2, 0.25) is 0 Å². The summed E-state index contributed by atoms with van der Waals surface area (Å²) in [6, 6.07) is 9.52. The van der Waals surface area contributed by atoms with Gasteiger partial charge in [0.1, 0.15) is 0 Å². The molecule has 1 N–H and O–H groups in total. The molecule has 2 nitrogen and oxygen atoms in total. The Labute approximate surface area is 128 Å². The summed E-state index contributed by atoms with van der Waals surface area (Å²) in [6.45, 7) is 7.77. The van der Waals surface area contributed by atoms with Gasteiger partial charge in [-0.1, -0.05) is 56.5 Å². The number of halogens is 1. The highest BCUT2D eigenvalue weighted by molar-refractivity contribution is 6.31. The lowest BCUT2D eigenvalue weighted by molar-refractivity contribution is 0.112. The summed E-state index contributed by atoms with van der Waals surface area (Å²) >= 11 is 6.32. The molecule has 0 radical (unpaired) electrons. The minimum atomic E-state index is 0.635. The molecule has 20 heavy (non-hydrogen) atoms. The zero-order valence-electron chi connectivity index (χ0n) is 12.7. The smallest absolute Gasteiger partial charge is 0.0451 e. The summed E-state index contributed by atoms with van der Waals surface area (Å²) in [5, 5.41) is 4.61. The Bertz CT molecular complexity index is 408. The minimum absolute atomic E-state index is 0.635. The van der Waals surface area contributed by atoms with Gasteiger partial charge >= 0.3 is 0 Å². The molecule has 0 aliphatic carbocycles. The summed E-state index contributed by atoms with van der Waals surface area (Å²) < 4.78 is 0. The van der Waals surface area contributed by atoms with Crippen LogP contribution >= 0.6 is 11.6 Å². The van der Waals surface area contributed by atoms with Crippen molar-refractivity contribution < 1.29 is 0 Å². The van der Waals surface area contributed by atoms with Crippen molar-refractivity contribution in [2.75, 3.05) is 13.1 Å². The maximum Gasteiger partial charge on any atom is 0.0451 e. The SMILES string of the molecule is CCCC1CN(Cc2ccccc2Cl)C(CCC)CN1. The number of rotatable bonds is 6. The van der Waals surface area contributed by atoms with Crippen LogP contribution in [0.5, 0.6) is 0 Å². The molecule has 1 aliphatic heterocycles. The Balaban J connectivity index is 2.05. The van der Waals surface area contributed by atoms with Crippen LogP contribution in [-0.2, 0) is 6.54 Å². The first-order chi connectivity index (χ1) is 9.74. The number of hydrogen-bond acceptors (Lipinski definition) is 2. The summed E-state index contributed by atoms with van der Waals surface area (Å²) in [4.78, 5) is 2.63. The Morgan fingerprint density at radius 2 is 1.95 bits per heavy atom. The van der Waals surface area contributed by atoms with Crippen LogP contribution in [0.2, 0.25) is 5.02 Å². The van der Waals surface area contributed by atoms with Gasteiger partial charge in [0.25, 0.3) is 0 Å². The minimum Gasteiger partial charge on any atom is -0.311 e. The van der Waals surface area contributed by atoms with E-state index in [0.29, 0.717) is 12.1 Å². The van der Waals surface area contributed by atoms with Crippen molar-refractivity contribution in [2.24, 2.45) is 0 Å². The highest BCUT2D eigenvalue weighted by atomic mass is 35.5. The van der Waals surface area contributed by atoms with E-state index in [1.54, 1.807) is 0 Å². The topological polar surface area (TPSA) is 15.3 Å². The molecule has 1 heterocycles. The third-order valence-corrected chi connectivity index (χ3v) is 4.57. The summed E-state index contributed by atoms with van der Waals surface area (Å²) in [5.41, 5.74) is 1.26. The fraction of sp³-hybridized carbons (Fsp3) is 0.647. The molecule has 2 unspecified atom stereocenters. The lowest BCUT2D eigenvalue weighted by Gasteiger charge is -2.40. The molecule has 1 aromatic rings. The van der Waals surface area contributed by atoms with Crippen molar-refractivity contribution in [3.63, 3.8) is 0 Å². The molecule has 1 aromatic carbocycles. The summed E-state index contributed by atoms with van der Waals surface area (Å²) in [7, 11) is 0. The normalized spacial score (nSPS) is 23.9. The fourth-order valence-corrected chi connectivity index (χ4v) is 3.32. The third kappa shape index (κ3) is 4.21. The number of hydrogen-bond donors (Lipinski definition) is 1. The molecule has 1 fully saturated rings. The molecular weight excluding hydrogens is 268 g/mol. The van der Waals surface area contributed by atoms with Crippen molar-refractivity contribution in [1.82, 2.24) is 10.2 Å². The van der Waals surface area contributed by atoms with Crippen LogP contribution in [0.4, 0.5) is 0 Å². The maximum absolute atomic E-state index is 6.32. The molecule has 3 heteroatoms. The molecule has 0 saturated carbocycles. The first-order valence-corrected chi connectivity index (χ1v) is 8.33. The van der Waals surface area contributed by atoms with Crippen LogP contribution in [0, 0.1) is 0 Å². The maximum atomic E-state index is 6.32. The quantitative estimate of drug-likeness (QED) is 0.850. The molecule has 1 saturated heterocycles. The van der Waals surface area contributed by atoms with Gasteiger partial charge in [-0.2, -0.15) is 0 Å². The Hall–Kier alpha value is -0.570. The van der Waals surface area contributed by atoms with Crippen molar-refractivity contribution in [3.8, 4) is 0 Å². The average molecular weight is 295 g/mol. The second-order valence-corrected chi connectivity index (χ2v) is 6.26. The van der Waals surface area contributed by atoms with Crippen molar-refractivity contribution in [2.45, 2.75) is 58.2 Å². The van der Waals surface area contributed by atoms with Crippen LogP contribution in [-0.4, -0.2) is 30.1 Å². The van der Waals surface area contributed by atoms with E-state index in [2.05, 4.69) is 36.2 Å². The van der Waals surface area contributed by atoms with E-state index in [1.165, 1.54) is 31.2 Å². The van der Waals surface area contributed by atoms with Crippen LogP contribution < -0.4 is 5.32 Å². The van der Waals surface area contributed by atoms with Crippen LogP contribution in [0.15, 0.2) is 24.3 Å². The lowest BCUT2D eigenvalue weighted by atomic mass is 10.0. The summed E-state index contributed by atoms with van der Waals surface area (Å²) in [5.74, 6) is 0. The number of nitrogens with zero attached hydrogens (tertiary/aromatic N) is 1. The predicted molar refractivity (Wildman–Crippen MR) is 87.3 cm³/mol. The Morgan fingerprint density at radius 1 is 1.20 bits per heavy atom. The van der Waals surface area contributed by atoms with Crippen LogP contribution in [0.25, 0.3) is 0 Å². The second kappa shape index (κ2) is 8.02. The number of benzene rings is 1. The zero-order chi connectivity index (χ0) is 14.4. The highest BCUT2D eigenvalue weighted by Crippen LogP contribution is 2.22. The molecule has 1 aliphatic rings. The predicted octanol–water partition coefficient (Wildman–Crippen LogP) is 4.08. The summed E-state index contributed by atoms with van der Waals surface area (Å²) in [6.07, 6.45) is 5.01. The molecule has 112 valence electrons. The van der Waals surface area contributed by atoms with Crippen molar-refractivity contribution in [3.05, 3.63) is 34.9 Å². The lowest BCUT2D eigenvalue weighted by Crippen LogP contribution is -2.55. The largest absolute Gasteiger partial charge is 0.311 e. The highest BCUT2D eigenvalue weighted by Gasteiger charge is 2.27. The molecule has 0 amide bonds. The average Bonchev–Trinajstić information content (AvgIpc) is 2.45. The van der Waals surface area contributed by atoms with Gasteiger partial charge in [-0.25, -0.2) is 0 Å². The van der Waals surface area contributed by atoms with E-state index in [9.17, 15) is 0 Å². The van der Waals surface area contributed by atoms with Gasteiger partial charge in [0.05, 0.1) is 0 Å². The zero-order valence-corrected chi connectivity index (χ0v) is 13.5. The van der Waals surface area contributed by atoms with Crippen LogP contribution in [0.1, 0.15) is 45.1 Å². The molecular formula is C17H27ClN2. The van der Waals surface area contributed by atoms with E-state index in [1.807, 2.05) is 12.1 Å². The fourth-order valence-electron chi connectivity index (χ4n) is 3.13. The molecule has 0 bridgehead atoms. The Kier molecular flexibility index (Phi) is 6.34.